The molecular formula is C15H17FN2O2. The van der Waals surface area contributed by atoms with Gasteiger partial charge in [-0.15, -0.1) is 0 Å². The van der Waals surface area contributed by atoms with Gasteiger partial charge in [-0.05, 0) is 52.0 Å². The first kappa shape index (κ1) is 14.2. The largest absolute Gasteiger partial charge is 0.389 e. The maximum atomic E-state index is 13.0. The zero-order valence-corrected chi connectivity index (χ0v) is 12.0. The molecule has 2 rings (SSSR count). The summed E-state index contributed by atoms with van der Waals surface area (Å²) in [5.41, 5.74) is 0.835. The number of hydrogen-bond acceptors (Lipinski definition) is 4. The maximum absolute atomic E-state index is 13.0. The fourth-order valence-corrected chi connectivity index (χ4v) is 1.73. The molecule has 0 aliphatic carbocycles. The molecule has 4 nitrogen and oxygen atoms in total. The fraction of sp³-hybridized carbons (Fsp3) is 0.333. The molecule has 0 unspecified atom stereocenters. The van der Waals surface area contributed by atoms with E-state index in [1.165, 1.54) is 12.1 Å². The normalized spacial score (nSPS) is 11.4. The number of anilines is 1. The Labute approximate surface area is 116 Å². The van der Waals surface area contributed by atoms with Crippen LogP contribution >= 0.6 is 0 Å². The van der Waals surface area contributed by atoms with E-state index in [9.17, 15) is 9.18 Å². The lowest BCUT2D eigenvalue weighted by Crippen LogP contribution is -2.27. The SMILES string of the molecule is Cc1c(-c2ccc(F)cc2)nc(NC(C)(C)C)oc1=O. The molecule has 2 aromatic rings. The predicted octanol–water partition coefficient (Wildman–Crippen LogP) is 3.36. The molecule has 5 heteroatoms. The second-order valence-electron chi connectivity index (χ2n) is 5.66. The highest BCUT2D eigenvalue weighted by atomic mass is 19.1. The minimum Gasteiger partial charge on any atom is -0.389 e. The van der Waals surface area contributed by atoms with Crippen LogP contribution in [0.15, 0.2) is 33.5 Å². The summed E-state index contributed by atoms with van der Waals surface area (Å²) in [6.07, 6.45) is 0. The lowest BCUT2D eigenvalue weighted by molar-refractivity contribution is 0.478. The summed E-state index contributed by atoms with van der Waals surface area (Å²) in [5, 5.41) is 3.02. The third kappa shape index (κ3) is 3.23. The van der Waals surface area contributed by atoms with Gasteiger partial charge in [0.25, 0.3) is 6.01 Å². The van der Waals surface area contributed by atoms with Crippen molar-refractivity contribution in [2.24, 2.45) is 0 Å². The van der Waals surface area contributed by atoms with Crippen LogP contribution in [0.5, 0.6) is 0 Å². The summed E-state index contributed by atoms with van der Waals surface area (Å²) < 4.78 is 18.1. The van der Waals surface area contributed by atoms with Crippen molar-refractivity contribution in [1.29, 1.82) is 0 Å². The molecule has 0 bridgehead atoms. The number of hydrogen-bond donors (Lipinski definition) is 1. The lowest BCUT2D eigenvalue weighted by Gasteiger charge is -2.20. The molecule has 0 saturated heterocycles. The molecule has 0 aliphatic heterocycles. The summed E-state index contributed by atoms with van der Waals surface area (Å²) in [6, 6.07) is 6.01. The van der Waals surface area contributed by atoms with Crippen LogP contribution in [0, 0.1) is 12.7 Å². The average Bonchev–Trinajstić information content (AvgIpc) is 2.33. The summed E-state index contributed by atoms with van der Waals surface area (Å²) in [5.74, 6) is -0.331. The van der Waals surface area contributed by atoms with Gasteiger partial charge < -0.3 is 9.73 Å². The van der Waals surface area contributed by atoms with Gasteiger partial charge in [-0.1, -0.05) is 0 Å². The molecule has 0 aliphatic rings. The second kappa shape index (κ2) is 5.07. The van der Waals surface area contributed by atoms with Crippen LogP contribution in [0.25, 0.3) is 11.3 Å². The molecule has 1 heterocycles. The molecule has 20 heavy (non-hydrogen) atoms. The van der Waals surface area contributed by atoms with Crippen LogP contribution in [-0.2, 0) is 0 Å². The Morgan fingerprint density at radius 1 is 1.20 bits per heavy atom. The number of halogens is 1. The van der Waals surface area contributed by atoms with E-state index < -0.39 is 5.63 Å². The summed E-state index contributed by atoms with van der Waals surface area (Å²) in [7, 11) is 0. The van der Waals surface area contributed by atoms with E-state index >= 15 is 0 Å². The van der Waals surface area contributed by atoms with Gasteiger partial charge in [0.05, 0.1) is 11.3 Å². The number of benzene rings is 1. The average molecular weight is 276 g/mol. The van der Waals surface area contributed by atoms with Crippen LogP contribution in [0.3, 0.4) is 0 Å². The lowest BCUT2D eigenvalue weighted by atomic mass is 10.1. The summed E-state index contributed by atoms with van der Waals surface area (Å²) >= 11 is 0. The number of rotatable bonds is 2. The molecular weight excluding hydrogens is 259 g/mol. The van der Waals surface area contributed by atoms with Crippen molar-refractivity contribution in [1.82, 2.24) is 4.98 Å². The molecule has 0 atom stereocenters. The van der Waals surface area contributed by atoms with Crippen molar-refractivity contribution < 1.29 is 8.81 Å². The van der Waals surface area contributed by atoms with Gasteiger partial charge in [-0.25, -0.2) is 9.18 Å². The minimum atomic E-state index is -0.453. The number of nitrogens with zero attached hydrogens (tertiary/aromatic N) is 1. The molecule has 1 N–H and O–H groups in total. The van der Waals surface area contributed by atoms with E-state index in [0.29, 0.717) is 16.8 Å². The third-order valence-corrected chi connectivity index (χ3v) is 2.66. The fourth-order valence-electron chi connectivity index (χ4n) is 1.73. The first-order valence-electron chi connectivity index (χ1n) is 6.32. The number of nitrogens with one attached hydrogen (secondary N) is 1. The van der Waals surface area contributed by atoms with Gasteiger partial charge in [-0.2, -0.15) is 4.98 Å². The van der Waals surface area contributed by atoms with Crippen LogP contribution in [-0.4, -0.2) is 10.5 Å². The Kier molecular flexibility index (Phi) is 3.61. The Morgan fingerprint density at radius 3 is 2.35 bits per heavy atom. The Hall–Kier alpha value is -2.17. The van der Waals surface area contributed by atoms with E-state index in [2.05, 4.69) is 10.3 Å². The first-order valence-corrected chi connectivity index (χ1v) is 6.32. The van der Waals surface area contributed by atoms with Gasteiger partial charge >= 0.3 is 5.63 Å². The van der Waals surface area contributed by atoms with E-state index in [0.717, 1.165) is 0 Å². The van der Waals surface area contributed by atoms with Crippen molar-refractivity contribution in [2.45, 2.75) is 33.2 Å². The Bertz CT molecular complexity index is 670. The van der Waals surface area contributed by atoms with Gasteiger partial charge in [0.1, 0.15) is 5.82 Å². The number of aromatic nitrogens is 1. The molecule has 106 valence electrons. The molecule has 0 spiro atoms. The van der Waals surface area contributed by atoms with Gasteiger partial charge in [0, 0.05) is 11.1 Å². The van der Waals surface area contributed by atoms with Gasteiger partial charge in [0.2, 0.25) is 0 Å². The van der Waals surface area contributed by atoms with Crippen LogP contribution in [0.1, 0.15) is 26.3 Å². The van der Waals surface area contributed by atoms with Gasteiger partial charge in [0.15, 0.2) is 0 Å². The van der Waals surface area contributed by atoms with Crippen LogP contribution in [0.2, 0.25) is 0 Å². The first-order chi connectivity index (χ1) is 9.26. The molecule has 0 fully saturated rings. The summed E-state index contributed by atoms with van der Waals surface area (Å²) in [6.45, 7) is 7.45. The van der Waals surface area contributed by atoms with Crippen LogP contribution in [0.4, 0.5) is 10.4 Å². The van der Waals surface area contributed by atoms with Gasteiger partial charge in [-0.3, -0.25) is 0 Å². The van der Waals surface area contributed by atoms with Crippen molar-refractivity contribution in [3.8, 4) is 11.3 Å². The monoisotopic (exact) mass is 276 g/mol. The maximum Gasteiger partial charge on any atom is 0.343 e. The molecule has 0 amide bonds. The van der Waals surface area contributed by atoms with Crippen LogP contribution < -0.4 is 10.9 Å². The van der Waals surface area contributed by atoms with E-state index in [1.807, 2.05) is 20.8 Å². The predicted molar refractivity (Wildman–Crippen MR) is 76.3 cm³/mol. The van der Waals surface area contributed by atoms with E-state index in [-0.39, 0.29) is 17.4 Å². The topological polar surface area (TPSA) is 55.1 Å². The van der Waals surface area contributed by atoms with Crippen molar-refractivity contribution in [3.63, 3.8) is 0 Å². The van der Waals surface area contributed by atoms with E-state index in [4.69, 9.17) is 4.42 Å². The molecule has 0 radical (unpaired) electrons. The second-order valence-corrected chi connectivity index (χ2v) is 5.66. The highest BCUT2D eigenvalue weighted by Gasteiger charge is 2.16. The molecule has 1 aromatic heterocycles. The zero-order valence-electron chi connectivity index (χ0n) is 12.0. The highest BCUT2D eigenvalue weighted by Crippen LogP contribution is 2.22. The Morgan fingerprint density at radius 2 is 1.80 bits per heavy atom. The Balaban J connectivity index is 2.52. The van der Waals surface area contributed by atoms with E-state index in [1.54, 1.807) is 19.1 Å². The van der Waals surface area contributed by atoms with Crippen molar-refractivity contribution in [3.05, 3.63) is 46.1 Å². The summed E-state index contributed by atoms with van der Waals surface area (Å²) in [4.78, 5) is 16.2. The molecule has 1 aromatic carbocycles. The smallest absolute Gasteiger partial charge is 0.343 e. The quantitative estimate of drug-likeness (QED) is 0.913. The molecule has 0 saturated carbocycles. The van der Waals surface area contributed by atoms with Crippen molar-refractivity contribution in [2.75, 3.05) is 5.32 Å². The minimum absolute atomic E-state index is 0.160. The third-order valence-electron chi connectivity index (χ3n) is 2.66. The zero-order chi connectivity index (χ0) is 14.9. The van der Waals surface area contributed by atoms with Crippen molar-refractivity contribution >= 4 is 6.01 Å². The standard InChI is InChI=1S/C15H17FN2O2/c1-9-12(10-5-7-11(16)8-6-10)17-14(20-13(9)19)18-15(2,3)4/h5-8H,1-4H3,(H,17,18). The highest BCUT2D eigenvalue weighted by molar-refractivity contribution is 5.63.